The van der Waals surface area contributed by atoms with Gasteiger partial charge in [0.15, 0.2) is 0 Å². The number of carbonyl (C=O) groups is 1. The molecule has 1 N–H and O–H groups in total. The van der Waals surface area contributed by atoms with Gasteiger partial charge in [0, 0.05) is 17.1 Å². The standard InChI is InChI=1S/C14H8Cl2N2O2S/c15-10-3-1-2-4-11(10)18-6-9(14(19)20)13(17-18)8-5-12(16)21-7-8/h1-7H,(H,19,20). The van der Waals surface area contributed by atoms with Gasteiger partial charge in [-0.15, -0.1) is 11.3 Å². The lowest BCUT2D eigenvalue weighted by Crippen LogP contribution is -1.96. The molecule has 3 rings (SSSR count). The van der Waals surface area contributed by atoms with Gasteiger partial charge in [-0.2, -0.15) is 5.10 Å². The number of thiophene rings is 1. The van der Waals surface area contributed by atoms with Crippen LogP contribution < -0.4 is 0 Å². The van der Waals surface area contributed by atoms with E-state index in [1.807, 2.05) is 6.07 Å². The minimum absolute atomic E-state index is 0.101. The second kappa shape index (κ2) is 5.52. The SMILES string of the molecule is O=C(O)c1cn(-c2ccccc2Cl)nc1-c1csc(Cl)c1. The Morgan fingerprint density at radius 1 is 1.29 bits per heavy atom. The molecule has 0 amide bonds. The van der Waals surface area contributed by atoms with Gasteiger partial charge in [-0.1, -0.05) is 35.3 Å². The zero-order chi connectivity index (χ0) is 15.0. The summed E-state index contributed by atoms with van der Waals surface area (Å²) in [6.45, 7) is 0. The molecule has 0 radical (unpaired) electrons. The van der Waals surface area contributed by atoms with E-state index >= 15 is 0 Å². The molecule has 0 aliphatic carbocycles. The van der Waals surface area contributed by atoms with Crippen molar-refractivity contribution in [3.8, 4) is 16.9 Å². The smallest absolute Gasteiger partial charge is 0.339 e. The summed E-state index contributed by atoms with van der Waals surface area (Å²) >= 11 is 13.4. The number of hydrogen-bond donors (Lipinski definition) is 1. The van der Waals surface area contributed by atoms with Crippen LogP contribution in [0.2, 0.25) is 9.36 Å². The first-order chi connectivity index (χ1) is 10.1. The van der Waals surface area contributed by atoms with Gasteiger partial charge in [0.05, 0.1) is 15.0 Å². The number of aromatic carboxylic acids is 1. The van der Waals surface area contributed by atoms with Crippen LogP contribution in [0, 0.1) is 0 Å². The average molecular weight is 339 g/mol. The minimum atomic E-state index is -1.05. The van der Waals surface area contributed by atoms with Crippen LogP contribution in [0.25, 0.3) is 16.9 Å². The minimum Gasteiger partial charge on any atom is -0.478 e. The van der Waals surface area contributed by atoms with Crippen LogP contribution >= 0.6 is 34.5 Å². The Morgan fingerprint density at radius 2 is 2.05 bits per heavy atom. The predicted molar refractivity (Wildman–Crippen MR) is 83.9 cm³/mol. The van der Waals surface area contributed by atoms with E-state index in [9.17, 15) is 9.90 Å². The van der Waals surface area contributed by atoms with Crippen molar-refractivity contribution in [3.63, 3.8) is 0 Å². The van der Waals surface area contributed by atoms with Crippen molar-refractivity contribution in [3.05, 3.63) is 56.8 Å². The monoisotopic (exact) mass is 338 g/mol. The van der Waals surface area contributed by atoms with E-state index in [2.05, 4.69) is 5.10 Å². The first kappa shape index (κ1) is 14.1. The van der Waals surface area contributed by atoms with Gasteiger partial charge in [0.2, 0.25) is 0 Å². The summed E-state index contributed by atoms with van der Waals surface area (Å²) in [5, 5.41) is 16.0. The van der Waals surface area contributed by atoms with E-state index in [0.717, 1.165) is 0 Å². The second-order valence-corrected chi connectivity index (χ2v) is 6.18. The number of benzene rings is 1. The van der Waals surface area contributed by atoms with Crippen LogP contribution in [-0.2, 0) is 0 Å². The van der Waals surface area contributed by atoms with E-state index in [0.29, 0.717) is 26.3 Å². The lowest BCUT2D eigenvalue weighted by atomic mass is 10.1. The average Bonchev–Trinajstić information content (AvgIpc) is 3.05. The van der Waals surface area contributed by atoms with Crippen LogP contribution in [-0.4, -0.2) is 20.9 Å². The molecule has 21 heavy (non-hydrogen) atoms. The van der Waals surface area contributed by atoms with Gasteiger partial charge in [0.25, 0.3) is 0 Å². The molecule has 0 spiro atoms. The van der Waals surface area contributed by atoms with Gasteiger partial charge in [-0.3, -0.25) is 0 Å². The highest BCUT2D eigenvalue weighted by Gasteiger charge is 2.19. The third-order valence-electron chi connectivity index (χ3n) is 2.88. The number of carboxylic acids is 1. The molecule has 4 nitrogen and oxygen atoms in total. The van der Waals surface area contributed by atoms with E-state index in [4.69, 9.17) is 23.2 Å². The fraction of sp³-hybridized carbons (Fsp3) is 0. The van der Waals surface area contributed by atoms with E-state index in [1.54, 1.807) is 29.6 Å². The Morgan fingerprint density at radius 3 is 2.67 bits per heavy atom. The first-order valence-electron chi connectivity index (χ1n) is 5.88. The maximum absolute atomic E-state index is 11.4. The Balaban J connectivity index is 2.18. The molecular weight excluding hydrogens is 331 g/mol. The summed E-state index contributed by atoms with van der Waals surface area (Å²) in [4.78, 5) is 11.4. The highest BCUT2D eigenvalue weighted by molar-refractivity contribution is 7.14. The Bertz CT molecular complexity index is 826. The lowest BCUT2D eigenvalue weighted by molar-refractivity contribution is 0.0697. The van der Waals surface area contributed by atoms with Crippen LogP contribution in [0.3, 0.4) is 0 Å². The van der Waals surface area contributed by atoms with E-state index in [-0.39, 0.29) is 5.56 Å². The van der Waals surface area contributed by atoms with E-state index in [1.165, 1.54) is 22.2 Å². The Hall–Kier alpha value is -1.82. The van der Waals surface area contributed by atoms with Gasteiger partial charge in [0.1, 0.15) is 11.3 Å². The normalized spacial score (nSPS) is 10.8. The summed E-state index contributed by atoms with van der Waals surface area (Å²) in [5.41, 5.74) is 1.76. The number of hydrogen-bond acceptors (Lipinski definition) is 3. The second-order valence-electron chi connectivity index (χ2n) is 4.23. The third-order valence-corrected chi connectivity index (χ3v) is 4.30. The zero-order valence-electron chi connectivity index (χ0n) is 10.5. The molecule has 2 aromatic heterocycles. The summed E-state index contributed by atoms with van der Waals surface area (Å²) in [7, 11) is 0. The maximum Gasteiger partial charge on any atom is 0.339 e. The third kappa shape index (κ3) is 2.68. The molecule has 0 aliphatic heterocycles. The largest absolute Gasteiger partial charge is 0.478 e. The van der Waals surface area contributed by atoms with E-state index < -0.39 is 5.97 Å². The van der Waals surface area contributed by atoms with Gasteiger partial charge in [-0.25, -0.2) is 9.48 Å². The van der Waals surface area contributed by atoms with Crippen molar-refractivity contribution in [2.75, 3.05) is 0 Å². The Labute approximate surface area is 134 Å². The van der Waals surface area contributed by atoms with Crippen molar-refractivity contribution < 1.29 is 9.90 Å². The maximum atomic E-state index is 11.4. The number of carboxylic acid groups (broad SMARTS) is 1. The zero-order valence-corrected chi connectivity index (χ0v) is 12.8. The van der Waals surface area contributed by atoms with Gasteiger partial charge in [-0.05, 0) is 18.2 Å². The van der Waals surface area contributed by atoms with Crippen molar-refractivity contribution in [2.45, 2.75) is 0 Å². The highest BCUT2D eigenvalue weighted by atomic mass is 35.5. The number of halogens is 2. The van der Waals surface area contributed by atoms with Crippen LogP contribution in [0.1, 0.15) is 10.4 Å². The molecule has 0 saturated carbocycles. The molecule has 3 aromatic rings. The quantitative estimate of drug-likeness (QED) is 0.758. The van der Waals surface area contributed by atoms with Crippen LogP contribution in [0.5, 0.6) is 0 Å². The molecule has 1 aromatic carbocycles. The molecule has 0 unspecified atom stereocenters. The summed E-state index contributed by atoms with van der Waals surface area (Å²) in [6, 6.07) is 8.79. The summed E-state index contributed by atoms with van der Waals surface area (Å²) in [6.07, 6.45) is 1.45. The topological polar surface area (TPSA) is 55.1 Å². The van der Waals surface area contributed by atoms with Crippen molar-refractivity contribution >= 4 is 40.5 Å². The molecule has 7 heteroatoms. The first-order valence-corrected chi connectivity index (χ1v) is 7.52. The molecule has 0 bridgehead atoms. The van der Waals surface area contributed by atoms with Crippen molar-refractivity contribution in [1.29, 1.82) is 0 Å². The van der Waals surface area contributed by atoms with Crippen LogP contribution in [0.4, 0.5) is 0 Å². The summed E-state index contributed by atoms with van der Waals surface area (Å²) in [5.74, 6) is -1.05. The number of nitrogens with zero attached hydrogens (tertiary/aromatic N) is 2. The van der Waals surface area contributed by atoms with Gasteiger partial charge < -0.3 is 5.11 Å². The van der Waals surface area contributed by atoms with Gasteiger partial charge >= 0.3 is 5.97 Å². The molecular formula is C14H8Cl2N2O2S. The Kier molecular flexibility index (Phi) is 3.71. The number of para-hydroxylation sites is 1. The summed E-state index contributed by atoms with van der Waals surface area (Å²) < 4.78 is 2.04. The van der Waals surface area contributed by atoms with Crippen molar-refractivity contribution in [1.82, 2.24) is 9.78 Å². The molecule has 0 saturated heterocycles. The molecule has 2 heterocycles. The highest BCUT2D eigenvalue weighted by Crippen LogP contribution is 2.31. The number of aromatic nitrogens is 2. The fourth-order valence-electron chi connectivity index (χ4n) is 1.94. The van der Waals surface area contributed by atoms with Crippen LogP contribution in [0.15, 0.2) is 41.9 Å². The van der Waals surface area contributed by atoms with Crippen molar-refractivity contribution in [2.24, 2.45) is 0 Å². The molecule has 0 aliphatic rings. The predicted octanol–water partition coefficient (Wildman–Crippen LogP) is 4.61. The molecule has 0 fully saturated rings. The molecule has 0 atom stereocenters. The lowest BCUT2D eigenvalue weighted by Gasteiger charge is -2.02. The number of rotatable bonds is 3. The molecule has 106 valence electrons. The fourth-order valence-corrected chi connectivity index (χ4v) is 3.03.